The van der Waals surface area contributed by atoms with E-state index in [1.807, 2.05) is 37.3 Å². The number of rotatable bonds is 5. The molecule has 0 aliphatic carbocycles. The van der Waals surface area contributed by atoms with Crippen LogP contribution < -0.4 is 10.9 Å². The van der Waals surface area contributed by atoms with E-state index < -0.39 is 0 Å². The summed E-state index contributed by atoms with van der Waals surface area (Å²) in [6.45, 7) is 2.57. The number of nitrogens with one attached hydrogen (secondary N) is 1. The summed E-state index contributed by atoms with van der Waals surface area (Å²) in [6.07, 6.45) is 4.08. The molecule has 0 atom stereocenters. The lowest BCUT2D eigenvalue weighted by atomic mass is 10.1. The average Bonchev–Trinajstić information content (AvgIpc) is 2.60. The third-order valence-electron chi connectivity index (χ3n) is 3.82. The Morgan fingerprint density at radius 2 is 1.96 bits per heavy atom. The summed E-state index contributed by atoms with van der Waals surface area (Å²) >= 11 is 6.16. The molecule has 5 heteroatoms. The first-order chi connectivity index (χ1) is 11.6. The van der Waals surface area contributed by atoms with Crippen molar-refractivity contribution < 1.29 is 0 Å². The quantitative estimate of drug-likeness (QED) is 0.768. The molecule has 0 unspecified atom stereocenters. The van der Waals surface area contributed by atoms with Gasteiger partial charge in [0.05, 0.1) is 5.69 Å². The van der Waals surface area contributed by atoms with Gasteiger partial charge in [0.2, 0.25) is 0 Å². The fraction of sp³-hybridized carbons (Fsp3) is 0.158. The Labute approximate surface area is 145 Å². The number of hydrogen-bond acceptors (Lipinski definition) is 3. The van der Waals surface area contributed by atoms with Crippen LogP contribution in [0.4, 0.5) is 5.82 Å². The van der Waals surface area contributed by atoms with Crippen LogP contribution in [0.25, 0.3) is 5.69 Å². The Morgan fingerprint density at radius 3 is 2.71 bits per heavy atom. The molecule has 1 aromatic heterocycles. The van der Waals surface area contributed by atoms with Crippen molar-refractivity contribution in [2.75, 3.05) is 11.9 Å². The summed E-state index contributed by atoms with van der Waals surface area (Å²) in [5, 5.41) is 3.75. The van der Waals surface area contributed by atoms with Crippen molar-refractivity contribution in [3.63, 3.8) is 0 Å². The summed E-state index contributed by atoms with van der Waals surface area (Å²) < 4.78 is 1.54. The van der Waals surface area contributed by atoms with Gasteiger partial charge in [0.25, 0.3) is 5.56 Å². The normalized spacial score (nSPS) is 10.6. The van der Waals surface area contributed by atoms with E-state index in [1.165, 1.54) is 5.56 Å². The molecule has 3 rings (SSSR count). The van der Waals surface area contributed by atoms with Crippen molar-refractivity contribution >= 4 is 17.4 Å². The summed E-state index contributed by atoms with van der Waals surface area (Å²) in [4.78, 5) is 16.8. The average molecular weight is 340 g/mol. The zero-order valence-corrected chi connectivity index (χ0v) is 14.1. The van der Waals surface area contributed by atoms with Crippen molar-refractivity contribution in [2.24, 2.45) is 0 Å². The second-order valence-electron chi connectivity index (χ2n) is 5.55. The molecule has 3 aromatic rings. The van der Waals surface area contributed by atoms with Gasteiger partial charge in [-0.3, -0.25) is 9.36 Å². The monoisotopic (exact) mass is 339 g/mol. The Morgan fingerprint density at radius 1 is 1.17 bits per heavy atom. The van der Waals surface area contributed by atoms with Gasteiger partial charge in [-0.1, -0.05) is 48.0 Å². The maximum Gasteiger partial charge on any atom is 0.297 e. The van der Waals surface area contributed by atoms with Gasteiger partial charge in [-0.25, -0.2) is 4.98 Å². The molecule has 0 fully saturated rings. The highest BCUT2D eigenvalue weighted by Crippen LogP contribution is 2.18. The molecular weight excluding hydrogens is 322 g/mol. The second kappa shape index (κ2) is 7.32. The zero-order valence-electron chi connectivity index (χ0n) is 13.4. The third kappa shape index (κ3) is 3.66. The van der Waals surface area contributed by atoms with Gasteiger partial charge in [-0.15, -0.1) is 0 Å². The van der Waals surface area contributed by atoms with Crippen LogP contribution >= 0.6 is 11.6 Å². The lowest BCUT2D eigenvalue weighted by molar-refractivity contribution is 0.932. The van der Waals surface area contributed by atoms with Gasteiger partial charge in [-0.2, -0.15) is 0 Å². The van der Waals surface area contributed by atoms with Crippen molar-refractivity contribution in [1.82, 2.24) is 9.55 Å². The van der Waals surface area contributed by atoms with E-state index >= 15 is 0 Å². The highest BCUT2D eigenvalue weighted by molar-refractivity contribution is 6.31. The minimum atomic E-state index is -0.189. The summed E-state index contributed by atoms with van der Waals surface area (Å²) in [7, 11) is 0. The number of halogens is 1. The van der Waals surface area contributed by atoms with E-state index in [-0.39, 0.29) is 5.56 Å². The SMILES string of the molecule is Cc1ccc(-n2ccnc(NCCc3ccccc3)c2=O)cc1Cl. The molecule has 0 aliphatic rings. The molecule has 0 amide bonds. The van der Waals surface area contributed by atoms with Gasteiger partial charge in [0.1, 0.15) is 0 Å². The predicted octanol–water partition coefficient (Wildman–Crippen LogP) is 3.85. The lowest BCUT2D eigenvalue weighted by Crippen LogP contribution is -2.24. The zero-order chi connectivity index (χ0) is 16.9. The third-order valence-corrected chi connectivity index (χ3v) is 4.23. The predicted molar refractivity (Wildman–Crippen MR) is 98.2 cm³/mol. The molecule has 1 heterocycles. The van der Waals surface area contributed by atoms with Gasteiger partial charge in [0, 0.05) is 24.0 Å². The summed E-state index contributed by atoms with van der Waals surface area (Å²) in [5.74, 6) is 0.338. The number of aryl methyl sites for hydroxylation is 1. The Hall–Kier alpha value is -2.59. The van der Waals surface area contributed by atoms with Crippen molar-refractivity contribution in [2.45, 2.75) is 13.3 Å². The van der Waals surface area contributed by atoms with Crippen LogP contribution in [0.2, 0.25) is 5.02 Å². The van der Waals surface area contributed by atoms with Gasteiger partial charge >= 0.3 is 0 Å². The molecule has 0 bridgehead atoms. The maximum absolute atomic E-state index is 12.6. The Bertz CT molecular complexity index is 891. The Balaban J connectivity index is 1.78. The molecule has 0 spiro atoms. The standard InChI is InChI=1S/C19H18ClN3O/c1-14-7-8-16(13-17(14)20)23-12-11-22-18(19(23)24)21-10-9-15-5-3-2-4-6-15/h2-8,11-13H,9-10H2,1H3,(H,21,22). The van der Waals surface area contributed by atoms with Gasteiger partial charge < -0.3 is 5.32 Å². The minimum Gasteiger partial charge on any atom is -0.365 e. The van der Waals surface area contributed by atoms with Crippen LogP contribution in [0, 0.1) is 6.92 Å². The van der Waals surface area contributed by atoms with Crippen molar-refractivity contribution in [1.29, 1.82) is 0 Å². The topological polar surface area (TPSA) is 46.9 Å². The van der Waals surface area contributed by atoms with E-state index in [1.54, 1.807) is 23.0 Å². The molecule has 24 heavy (non-hydrogen) atoms. The van der Waals surface area contributed by atoms with Crippen LogP contribution in [0.15, 0.2) is 65.7 Å². The number of anilines is 1. The first kappa shape index (κ1) is 16.3. The molecule has 0 saturated carbocycles. The van der Waals surface area contributed by atoms with Crippen LogP contribution in [0.1, 0.15) is 11.1 Å². The van der Waals surface area contributed by atoms with Gasteiger partial charge in [-0.05, 0) is 36.6 Å². The molecular formula is C19H18ClN3O. The molecule has 1 N–H and O–H groups in total. The van der Waals surface area contributed by atoms with E-state index in [0.717, 1.165) is 17.7 Å². The van der Waals surface area contributed by atoms with E-state index in [2.05, 4.69) is 22.4 Å². The molecule has 4 nitrogen and oxygen atoms in total. The summed E-state index contributed by atoms with van der Waals surface area (Å²) in [5.41, 5.74) is 2.73. The van der Waals surface area contributed by atoms with Crippen LogP contribution in [-0.4, -0.2) is 16.1 Å². The minimum absolute atomic E-state index is 0.189. The molecule has 122 valence electrons. The van der Waals surface area contributed by atoms with E-state index in [4.69, 9.17) is 11.6 Å². The fourth-order valence-corrected chi connectivity index (χ4v) is 2.61. The van der Waals surface area contributed by atoms with Crippen LogP contribution in [0.5, 0.6) is 0 Å². The maximum atomic E-state index is 12.6. The number of hydrogen-bond donors (Lipinski definition) is 1. The van der Waals surface area contributed by atoms with Gasteiger partial charge in [0.15, 0.2) is 5.82 Å². The van der Waals surface area contributed by atoms with Crippen LogP contribution in [-0.2, 0) is 6.42 Å². The number of benzene rings is 2. The highest BCUT2D eigenvalue weighted by Gasteiger charge is 2.07. The lowest BCUT2D eigenvalue weighted by Gasteiger charge is -2.10. The fourth-order valence-electron chi connectivity index (χ4n) is 2.44. The van der Waals surface area contributed by atoms with E-state index in [0.29, 0.717) is 17.4 Å². The Kier molecular flexibility index (Phi) is 4.96. The van der Waals surface area contributed by atoms with E-state index in [9.17, 15) is 4.79 Å². The number of aromatic nitrogens is 2. The van der Waals surface area contributed by atoms with Crippen LogP contribution in [0.3, 0.4) is 0 Å². The second-order valence-corrected chi connectivity index (χ2v) is 5.95. The largest absolute Gasteiger partial charge is 0.365 e. The molecule has 0 aliphatic heterocycles. The molecule has 2 aromatic carbocycles. The summed E-state index contributed by atoms with van der Waals surface area (Å²) in [6, 6.07) is 15.7. The first-order valence-corrected chi connectivity index (χ1v) is 8.15. The highest BCUT2D eigenvalue weighted by atomic mass is 35.5. The smallest absolute Gasteiger partial charge is 0.297 e. The first-order valence-electron chi connectivity index (χ1n) is 7.77. The molecule has 0 radical (unpaired) electrons. The van der Waals surface area contributed by atoms with Crippen molar-refractivity contribution in [3.05, 3.63) is 87.4 Å². The van der Waals surface area contributed by atoms with Crippen molar-refractivity contribution in [3.8, 4) is 5.69 Å². The number of nitrogens with zero attached hydrogens (tertiary/aromatic N) is 2. The molecule has 0 saturated heterocycles.